The molecular weight excluding hydrogens is 288 g/mol. The van der Waals surface area contributed by atoms with Crippen LogP contribution in [0.4, 0.5) is 5.69 Å². The van der Waals surface area contributed by atoms with Gasteiger partial charge < -0.3 is 15.4 Å². The Morgan fingerprint density at radius 2 is 1.96 bits per heavy atom. The van der Waals surface area contributed by atoms with Crippen molar-refractivity contribution in [2.24, 2.45) is 5.73 Å². The van der Waals surface area contributed by atoms with Gasteiger partial charge in [-0.05, 0) is 30.5 Å². The predicted molar refractivity (Wildman–Crippen MR) is 94.9 cm³/mol. The summed E-state index contributed by atoms with van der Waals surface area (Å²) in [5, 5.41) is 0. The average molecular weight is 318 g/mol. The van der Waals surface area contributed by atoms with Crippen LogP contribution in [0.25, 0.3) is 0 Å². The van der Waals surface area contributed by atoms with Crippen LogP contribution in [0.1, 0.15) is 70.4 Å². The largest absolute Gasteiger partial charge is 0.482 e. The third-order valence-electron chi connectivity index (χ3n) is 4.44. The molecule has 0 saturated heterocycles. The lowest BCUT2D eigenvalue weighted by Crippen LogP contribution is -2.39. The minimum absolute atomic E-state index is 0.0220. The van der Waals surface area contributed by atoms with Crippen molar-refractivity contribution < 1.29 is 9.53 Å². The lowest BCUT2D eigenvalue weighted by Gasteiger charge is -2.30. The highest BCUT2D eigenvalue weighted by Gasteiger charge is 2.25. The van der Waals surface area contributed by atoms with E-state index < -0.39 is 0 Å². The maximum Gasteiger partial charge on any atom is 0.265 e. The molecule has 1 aromatic rings. The van der Waals surface area contributed by atoms with Crippen molar-refractivity contribution in [1.82, 2.24) is 0 Å². The van der Waals surface area contributed by atoms with Gasteiger partial charge in [-0.25, -0.2) is 0 Å². The Balaban J connectivity index is 2.08. The second-order valence-electron chi connectivity index (χ2n) is 6.37. The van der Waals surface area contributed by atoms with Gasteiger partial charge in [0.15, 0.2) is 6.61 Å². The molecule has 0 saturated carbocycles. The Hall–Kier alpha value is -1.55. The molecule has 0 radical (unpaired) electrons. The normalized spacial score (nSPS) is 15.3. The second kappa shape index (κ2) is 8.92. The number of nitrogens with zero attached hydrogens (tertiary/aromatic N) is 1. The first-order valence-corrected chi connectivity index (χ1v) is 9.00. The van der Waals surface area contributed by atoms with Crippen molar-refractivity contribution in [3.8, 4) is 5.75 Å². The van der Waals surface area contributed by atoms with Gasteiger partial charge in [0.25, 0.3) is 5.91 Å². The zero-order valence-electron chi connectivity index (χ0n) is 14.5. The average Bonchev–Trinajstić information content (AvgIpc) is 2.56. The van der Waals surface area contributed by atoms with Crippen LogP contribution >= 0.6 is 0 Å². The van der Waals surface area contributed by atoms with Gasteiger partial charge in [-0.2, -0.15) is 0 Å². The summed E-state index contributed by atoms with van der Waals surface area (Å²) in [6.45, 7) is 5.25. The summed E-state index contributed by atoms with van der Waals surface area (Å²) in [4.78, 5) is 14.1. The molecule has 1 aliphatic heterocycles. The summed E-state index contributed by atoms with van der Waals surface area (Å²) in [6, 6.07) is 6.04. The summed E-state index contributed by atoms with van der Waals surface area (Å²) in [5.41, 5.74) is 8.20. The van der Waals surface area contributed by atoms with Crippen LogP contribution in [0.5, 0.6) is 5.75 Å². The number of nitrogens with two attached hydrogens (primary N) is 1. The molecular formula is C19H30N2O2. The minimum atomic E-state index is 0.0220. The minimum Gasteiger partial charge on any atom is -0.482 e. The molecule has 1 unspecified atom stereocenters. The van der Waals surface area contributed by atoms with Crippen LogP contribution in [0.15, 0.2) is 18.2 Å². The van der Waals surface area contributed by atoms with E-state index in [1.54, 1.807) is 0 Å². The molecule has 128 valence electrons. The smallest absolute Gasteiger partial charge is 0.265 e. The molecule has 0 bridgehead atoms. The Morgan fingerprint density at radius 3 is 2.70 bits per heavy atom. The van der Waals surface area contributed by atoms with Gasteiger partial charge >= 0.3 is 0 Å². The predicted octanol–water partition coefficient (Wildman–Crippen LogP) is 4.18. The van der Waals surface area contributed by atoms with Crippen molar-refractivity contribution in [1.29, 1.82) is 0 Å². The fourth-order valence-electron chi connectivity index (χ4n) is 3.05. The van der Waals surface area contributed by atoms with Crippen LogP contribution in [-0.2, 0) is 4.79 Å². The molecule has 4 heteroatoms. The summed E-state index contributed by atoms with van der Waals surface area (Å²) < 4.78 is 5.57. The van der Waals surface area contributed by atoms with E-state index in [-0.39, 0.29) is 18.6 Å². The standard InChI is InChI=1S/C19H30N2O2/c1-3-5-6-7-8-12-21-17-13-15(16(20)9-4-2)10-11-18(17)23-14-19(21)22/h10-11,13,16H,3-9,12,14,20H2,1-2H3. The molecule has 1 heterocycles. The first kappa shape index (κ1) is 17.8. The van der Waals surface area contributed by atoms with E-state index in [9.17, 15) is 4.79 Å². The van der Waals surface area contributed by atoms with Crippen molar-refractivity contribution in [3.05, 3.63) is 23.8 Å². The van der Waals surface area contributed by atoms with Crippen LogP contribution in [0.2, 0.25) is 0 Å². The number of ether oxygens (including phenoxy) is 1. The van der Waals surface area contributed by atoms with Gasteiger partial charge in [-0.1, -0.05) is 52.0 Å². The first-order chi connectivity index (χ1) is 11.2. The summed E-state index contributed by atoms with van der Waals surface area (Å²) in [7, 11) is 0. The van der Waals surface area contributed by atoms with Gasteiger partial charge in [-0.3, -0.25) is 4.79 Å². The van der Waals surface area contributed by atoms with E-state index >= 15 is 0 Å². The van der Waals surface area contributed by atoms with Crippen molar-refractivity contribution in [2.45, 2.75) is 64.8 Å². The van der Waals surface area contributed by atoms with Crippen molar-refractivity contribution in [3.63, 3.8) is 0 Å². The van der Waals surface area contributed by atoms with E-state index in [0.29, 0.717) is 0 Å². The number of hydrogen-bond donors (Lipinski definition) is 1. The number of anilines is 1. The lowest BCUT2D eigenvalue weighted by molar-refractivity contribution is -0.121. The first-order valence-electron chi connectivity index (χ1n) is 9.00. The summed E-state index contributed by atoms with van der Waals surface area (Å²) in [6.07, 6.45) is 7.95. The maximum atomic E-state index is 12.3. The Labute approximate surface area is 140 Å². The molecule has 23 heavy (non-hydrogen) atoms. The highest BCUT2D eigenvalue weighted by Crippen LogP contribution is 2.35. The third kappa shape index (κ3) is 4.71. The molecule has 1 atom stereocenters. The molecule has 1 aromatic carbocycles. The van der Waals surface area contributed by atoms with Crippen molar-refractivity contribution in [2.75, 3.05) is 18.1 Å². The van der Waals surface area contributed by atoms with Crippen LogP contribution in [-0.4, -0.2) is 19.1 Å². The van der Waals surface area contributed by atoms with E-state index in [0.717, 1.165) is 42.8 Å². The molecule has 0 aliphatic carbocycles. The molecule has 0 aromatic heterocycles. The quantitative estimate of drug-likeness (QED) is 0.695. The number of rotatable bonds is 9. The second-order valence-corrected chi connectivity index (χ2v) is 6.37. The number of carbonyl (C=O) groups is 1. The van der Waals surface area contributed by atoms with E-state index in [2.05, 4.69) is 13.8 Å². The van der Waals surface area contributed by atoms with Crippen LogP contribution in [0.3, 0.4) is 0 Å². The topological polar surface area (TPSA) is 55.6 Å². The van der Waals surface area contributed by atoms with Gasteiger partial charge in [0, 0.05) is 12.6 Å². The molecule has 4 nitrogen and oxygen atoms in total. The van der Waals surface area contributed by atoms with Crippen molar-refractivity contribution >= 4 is 11.6 Å². The molecule has 0 fully saturated rings. The highest BCUT2D eigenvalue weighted by molar-refractivity contribution is 5.97. The van der Waals surface area contributed by atoms with E-state index in [1.165, 1.54) is 25.7 Å². The van der Waals surface area contributed by atoms with Gasteiger partial charge in [-0.15, -0.1) is 0 Å². The molecule has 0 spiro atoms. The molecule has 1 aliphatic rings. The Bertz CT molecular complexity index is 516. The highest BCUT2D eigenvalue weighted by atomic mass is 16.5. The van der Waals surface area contributed by atoms with Gasteiger partial charge in [0.1, 0.15) is 5.75 Å². The number of benzene rings is 1. The zero-order valence-corrected chi connectivity index (χ0v) is 14.5. The maximum absolute atomic E-state index is 12.3. The fourth-order valence-corrected chi connectivity index (χ4v) is 3.05. The molecule has 1 amide bonds. The van der Waals surface area contributed by atoms with Gasteiger partial charge in [0.05, 0.1) is 5.69 Å². The number of unbranched alkanes of at least 4 members (excludes halogenated alkanes) is 4. The number of amides is 1. The van der Waals surface area contributed by atoms with Gasteiger partial charge in [0.2, 0.25) is 0 Å². The Morgan fingerprint density at radius 1 is 1.17 bits per heavy atom. The van der Waals surface area contributed by atoms with E-state index in [1.807, 2.05) is 23.1 Å². The number of fused-ring (bicyclic) bond motifs is 1. The zero-order chi connectivity index (χ0) is 16.7. The number of carbonyl (C=O) groups excluding carboxylic acids is 1. The third-order valence-corrected chi connectivity index (χ3v) is 4.44. The monoisotopic (exact) mass is 318 g/mol. The van der Waals surface area contributed by atoms with Crippen LogP contribution < -0.4 is 15.4 Å². The SMILES string of the molecule is CCCCCCCN1C(=O)COc2ccc(C(N)CCC)cc21. The lowest BCUT2D eigenvalue weighted by atomic mass is 10.0. The fraction of sp³-hybridized carbons (Fsp3) is 0.632. The van der Waals surface area contributed by atoms with E-state index in [4.69, 9.17) is 10.5 Å². The van der Waals surface area contributed by atoms with Crippen LogP contribution in [0, 0.1) is 0 Å². The summed E-state index contributed by atoms with van der Waals surface area (Å²) in [5.74, 6) is 0.847. The number of hydrogen-bond acceptors (Lipinski definition) is 3. The summed E-state index contributed by atoms with van der Waals surface area (Å²) >= 11 is 0. The Kier molecular flexibility index (Phi) is 6.90. The molecule has 2 rings (SSSR count). The molecule has 2 N–H and O–H groups in total.